The second kappa shape index (κ2) is 9.35. The summed E-state index contributed by atoms with van der Waals surface area (Å²) in [5.41, 5.74) is -1.85. The van der Waals surface area contributed by atoms with Gasteiger partial charge in [0.05, 0.1) is 12.1 Å². The summed E-state index contributed by atoms with van der Waals surface area (Å²) >= 11 is 0. The highest BCUT2D eigenvalue weighted by atomic mass is 79.9. The fraction of sp³-hybridized carbons (Fsp3) is 0.409. The molecule has 1 atom stereocenters. The summed E-state index contributed by atoms with van der Waals surface area (Å²) in [6.45, 7) is -2.14. The Hall–Kier alpha value is -2.20. The number of amidine groups is 1. The quantitative estimate of drug-likeness (QED) is 0.494. The van der Waals surface area contributed by atoms with Crippen LogP contribution in [0, 0.1) is 0 Å². The van der Waals surface area contributed by atoms with Crippen LogP contribution in [0.15, 0.2) is 48.5 Å². The lowest BCUT2D eigenvalue weighted by molar-refractivity contribution is -0.534. The minimum atomic E-state index is -4.52. The highest BCUT2D eigenvalue weighted by Crippen LogP contribution is 2.40. The van der Waals surface area contributed by atoms with Crippen LogP contribution < -0.4 is 26.6 Å². The molecule has 2 aliphatic heterocycles. The first-order valence-electron chi connectivity index (χ1n) is 10.0. The average molecular weight is 521 g/mol. The number of nitrogens with zero attached hydrogens (tertiary/aromatic N) is 2. The van der Waals surface area contributed by atoms with Crippen molar-refractivity contribution < 1.29 is 53.4 Å². The number of anilines is 1. The van der Waals surface area contributed by atoms with E-state index in [4.69, 9.17) is 0 Å². The van der Waals surface area contributed by atoms with E-state index < -0.39 is 24.1 Å². The largest absolute Gasteiger partial charge is 1.00 e. The molecule has 10 heteroatoms. The smallest absolute Gasteiger partial charge is 0.416 e. The topological polar surface area (TPSA) is 35.7 Å². The van der Waals surface area contributed by atoms with Gasteiger partial charge in [-0.15, -0.1) is 0 Å². The molecule has 2 aromatic carbocycles. The number of ether oxygens (including phenoxy) is 1. The lowest BCUT2D eigenvalue weighted by atomic mass is 9.99. The van der Waals surface area contributed by atoms with Gasteiger partial charge in [-0.25, -0.2) is 0 Å². The van der Waals surface area contributed by atoms with Crippen molar-refractivity contribution in [1.29, 1.82) is 0 Å². The summed E-state index contributed by atoms with van der Waals surface area (Å²) in [5, 5.41) is 11.8. The third-order valence-corrected chi connectivity index (χ3v) is 5.71. The predicted molar refractivity (Wildman–Crippen MR) is 104 cm³/mol. The summed E-state index contributed by atoms with van der Waals surface area (Å²) < 4.78 is 71.3. The van der Waals surface area contributed by atoms with Crippen molar-refractivity contribution in [3.8, 4) is 5.75 Å². The molecule has 2 heterocycles. The zero-order valence-electron chi connectivity index (χ0n) is 17.0. The van der Waals surface area contributed by atoms with Gasteiger partial charge in [0.2, 0.25) is 0 Å². The Kier molecular flexibility index (Phi) is 7.14. The molecule has 0 saturated carbocycles. The first-order chi connectivity index (χ1) is 14.7. The summed E-state index contributed by atoms with van der Waals surface area (Å²) in [4.78, 5) is 1.55. The van der Waals surface area contributed by atoms with E-state index in [1.807, 2.05) is 4.58 Å². The third kappa shape index (κ3) is 4.76. The van der Waals surface area contributed by atoms with E-state index in [0.29, 0.717) is 18.5 Å². The molecular formula is C22H22BrF5N2O2. The van der Waals surface area contributed by atoms with E-state index in [1.165, 1.54) is 36.4 Å². The maximum absolute atomic E-state index is 13.3. The first kappa shape index (κ1) is 24.4. The van der Waals surface area contributed by atoms with Crippen LogP contribution in [0.4, 0.5) is 27.6 Å². The zero-order valence-corrected chi connectivity index (χ0v) is 18.5. The van der Waals surface area contributed by atoms with Crippen LogP contribution in [0.2, 0.25) is 0 Å². The molecule has 0 spiro atoms. The van der Waals surface area contributed by atoms with E-state index in [9.17, 15) is 27.1 Å². The standard InChI is InChI=1S/C22H22F5N2O2.BrH/c23-20(24)31-18-10-8-15(9-11-18)21(30)14-28-12-3-1-2-7-19(28)29(21)17-6-4-5-16(13-17)22(25,26)27;/h4-6,8-11,13,20,30H,1-3,7,12,14H2;1H/q+1;/p-1. The van der Waals surface area contributed by atoms with Gasteiger partial charge in [-0.05, 0) is 61.7 Å². The third-order valence-electron chi connectivity index (χ3n) is 5.71. The number of rotatable bonds is 4. The van der Waals surface area contributed by atoms with Crippen molar-refractivity contribution in [2.75, 3.05) is 18.0 Å². The molecule has 32 heavy (non-hydrogen) atoms. The van der Waals surface area contributed by atoms with Crippen molar-refractivity contribution >= 4 is 11.5 Å². The van der Waals surface area contributed by atoms with Gasteiger partial charge in [0.25, 0.3) is 11.6 Å². The van der Waals surface area contributed by atoms with Gasteiger partial charge < -0.3 is 26.8 Å². The molecule has 2 aliphatic rings. The lowest BCUT2D eigenvalue weighted by Crippen LogP contribution is -3.00. The van der Waals surface area contributed by atoms with Crippen LogP contribution in [0.1, 0.15) is 36.8 Å². The Morgan fingerprint density at radius 1 is 1.03 bits per heavy atom. The van der Waals surface area contributed by atoms with Gasteiger partial charge in [-0.2, -0.15) is 26.9 Å². The van der Waals surface area contributed by atoms with Crippen molar-refractivity contribution in [2.45, 2.75) is 44.2 Å². The number of benzene rings is 2. The molecule has 0 aliphatic carbocycles. The molecule has 4 nitrogen and oxygen atoms in total. The van der Waals surface area contributed by atoms with Gasteiger partial charge in [0.15, 0.2) is 6.54 Å². The Bertz CT molecular complexity index is 981. The lowest BCUT2D eigenvalue weighted by Gasteiger charge is -2.29. The predicted octanol–water partition coefficient (Wildman–Crippen LogP) is 1.96. The maximum atomic E-state index is 13.3. The Morgan fingerprint density at radius 3 is 2.41 bits per heavy atom. The summed E-state index contributed by atoms with van der Waals surface area (Å²) in [7, 11) is 0. The minimum absolute atomic E-state index is 0. The highest BCUT2D eigenvalue weighted by Gasteiger charge is 2.54. The highest BCUT2D eigenvalue weighted by molar-refractivity contribution is 5.97. The zero-order chi connectivity index (χ0) is 22.2. The van der Waals surface area contributed by atoms with Crippen LogP contribution in [0.25, 0.3) is 0 Å². The number of aliphatic hydroxyl groups is 1. The Labute approximate surface area is 192 Å². The number of hydrogen-bond donors (Lipinski definition) is 1. The summed E-state index contributed by atoms with van der Waals surface area (Å²) in [6.07, 6.45) is -1.13. The second-order valence-corrected chi connectivity index (χ2v) is 7.75. The molecular weight excluding hydrogens is 499 g/mol. The molecule has 174 valence electrons. The SMILES string of the molecule is OC1(c2ccc(OC(F)F)cc2)C[N+]2=C(CCCCC2)N1c1cccc(C(F)(F)F)c1.[Br-]. The molecule has 0 bridgehead atoms. The van der Waals surface area contributed by atoms with Crippen LogP contribution >= 0.6 is 0 Å². The monoisotopic (exact) mass is 520 g/mol. The van der Waals surface area contributed by atoms with Crippen molar-refractivity contribution in [2.24, 2.45) is 0 Å². The Balaban J connectivity index is 0.00000289. The number of alkyl halides is 5. The minimum Gasteiger partial charge on any atom is -1.00 e. The van der Waals surface area contributed by atoms with E-state index >= 15 is 0 Å². The molecule has 0 saturated heterocycles. The first-order valence-corrected chi connectivity index (χ1v) is 10.0. The molecule has 1 N–H and O–H groups in total. The molecule has 0 aromatic heterocycles. The molecule has 0 fully saturated rings. The van der Waals surface area contributed by atoms with Gasteiger partial charge in [0.1, 0.15) is 11.4 Å². The van der Waals surface area contributed by atoms with Gasteiger partial charge >= 0.3 is 12.8 Å². The van der Waals surface area contributed by atoms with Crippen molar-refractivity contribution in [3.05, 3.63) is 59.7 Å². The normalized spacial score (nSPS) is 21.3. The van der Waals surface area contributed by atoms with Gasteiger partial charge in [0, 0.05) is 12.0 Å². The van der Waals surface area contributed by atoms with Gasteiger partial charge in [-0.1, -0.05) is 6.07 Å². The Morgan fingerprint density at radius 2 is 1.75 bits per heavy atom. The van der Waals surface area contributed by atoms with E-state index in [-0.39, 0.29) is 35.0 Å². The van der Waals surface area contributed by atoms with Crippen LogP contribution in [-0.4, -0.2) is 35.2 Å². The van der Waals surface area contributed by atoms with Crippen molar-refractivity contribution in [1.82, 2.24) is 0 Å². The average Bonchev–Trinajstić information content (AvgIpc) is 2.83. The molecule has 1 unspecified atom stereocenters. The van der Waals surface area contributed by atoms with Gasteiger partial charge in [-0.3, -0.25) is 4.58 Å². The second-order valence-electron chi connectivity index (χ2n) is 7.75. The molecule has 4 rings (SSSR count). The van der Waals surface area contributed by atoms with E-state index in [0.717, 1.165) is 37.2 Å². The van der Waals surface area contributed by atoms with E-state index in [2.05, 4.69) is 4.74 Å². The van der Waals surface area contributed by atoms with E-state index in [1.54, 1.807) is 4.90 Å². The maximum Gasteiger partial charge on any atom is 0.416 e. The van der Waals surface area contributed by atoms with Crippen LogP contribution in [0.3, 0.4) is 0 Å². The van der Waals surface area contributed by atoms with Crippen LogP contribution in [-0.2, 0) is 11.9 Å². The van der Waals surface area contributed by atoms with Crippen LogP contribution in [0.5, 0.6) is 5.75 Å². The fourth-order valence-corrected chi connectivity index (χ4v) is 4.33. The summed E-state index contributed by atoms with van der Waals surface area (Å²) in [5.74, 6) is 0.695. The number of hydrogen-bond acceptors (Lipinski definition) is 3. The fourth-order valence-electron chi connectivity index (χ4n) is 4.33. The molecule has 0 radical (unpaired) electrons. The molecule has 0 amide bonds. The summed E-state index contributed by atoms with van der Waals surface area (Å²) in [6, 6.07) is 10.4. The van der Waals surface area contributed by atoms with Crippen molar-refractivity contribution in [3.63, 3.8) is 0 Å². The number of halogens is 6. The molecule has 2 aromatic rings.